The molecule has 20 heavy (non-hydrogen) atoms. The molecule has 1 aromatic carbocycles. The number of nitrogens with zero attached hydrogens (tertiary/aromatic N) is 1. The van der Waals surface area contributed by atoms with E-state index in [2.05, 4.69) is 31.4 Å². The number of carbonyl (C=O) groups is 1. The zero-order chi connectivity index (χ0) is 14.5. The number of aryl methyl sites for hydroxylation is 2. The van der Waals surface area contributed by atoms with E-state index >= 15 is 0 Å². The minimum absolute atomic E-state index is 0.0914. The van der Waals surface area contributed by atoms with Gasteiger partial charge in [0.2, 0.25) is 0 Å². The molecule has 0 spiro atoms. The maximum absolute atomic E-state index is 11.9. The molecule has 0 fully saturated rings. The molecule has 1 heterocycles. The van der Waals surface area contributed by atoms with Crippen molar-refractivity contribution in [2.45, 2.75) is 19.8 Å². The Balaban J connectivity index is 1.80. The summed E-state index contributed by atoms with van der Waals surface area (Å²) < 4.78 is 0.723. The first kappa shape index (κ1) is 15.1. The molecule has 106 valence electrons. The van der Waals surface area contributed by atoms with Gasteiger partial charge in [-0.25, -0.2) is 0 Å². The molecule has 2 N–H and O–H groups in total. The van der Waals surface area contributed by atoms with Crippen LogP contribution in [0.4, 0.5) is 0 Å². The van der Waals surface area contributed by atoms with E-state index < -0.39 is 0 Å². The Kier molecular flexibility index (Phi) is 5.20. The highest BCUT2D eigenvalue weighted by molar-refractivity contribution is 9.10. The van der Waals surface area contributed by atoms with Crippen molar-refractivity contribution in [3.63, 3.8) is 0 Å². The number of halogens is 2. The van der Waals surface area contributed by atoms with Crippen LogP contribution in [0.15, 0.2) is 28.9 Å². The van der Waals surface area contributed by atoms with Gasteiger partial charge in [-0.3, -0.25) is 9.89 Å². The van der Waals surface area contributed by atoms with Crippen LogP contribution in [0.25, 0.3) is 0 Å². The average Bonchev–Trinajstić information content (AvgIpc) is 2.83. The molecule has 0 radical (unpaired) electrons. The minimum Gasteiger partial charge on any atom is -0.352 e. The molecule has 0 saturated heterocycles. The quantitative estimate of drug-likeness (QED) is 0.806. The van der Waals surface area contributed by atoms with Crippen molar-refractivity contribution in [2.75, 3.05) is 6.54 Å². The molecule has 1 aromatic heterocycles. The van der Waals surface area contributed by atoms with Crippen molar-refractivity contribution in [1.82, 2.24) is 15.5 Å². The van der Waals surface area contributed by atoms with Gasteiger partial charge in [0.25, 0.3) is 5.91 Å². The maximum Gasteiger partial charge on any atom is 0.251 e. The van der Waals surface area contributed by atoms with Crippen LogP contribution in [0.2, 0.25) is 5.02 Å². The van der Waals surface area contributed by atoms with Crippen LogP contribution in [-0.2, 0) is 6.42 Å². The van der Waals surface area contributed by atoms with Gasteiger partial charge >= 0.3 is 0 Å². The van der Waals surface area contributed by atoms with Crippen LogP contribution in [-0.4, -0.2) is 22.6 Å². The van der Waals surface area contributed by atoms with E-state index in [1.54, 1.807) is 18.2 Å². The summed E-state index contributed by atoms with van der Waals surface area (Å²) in [5.74, 6) is -0.0914. The molecule has 4 nitrogen and oxygen atoms in total. The summed E-state index contributed by atoms with van der Waals surface area (Å²) in [5, 5.41) is 10.4. The second-order valence-electron chi connectivity index (χ2n) is 4.51. The number of hydrogen-bond acceptors (Lipinski definition) is 2. The van der Waals surface area contributed by atoms with Crippen LogP contribution >= 0.6 is 27.5 Å². The van der Waals surface area contributed by atoms with E-state index in [9.17, 15) is 4.79 Å². The van der Waals surface area contributed by atoms with Gasteiger partial charge in [0, 0.05) is 22.3 Å². The summed E-state index contributed by atoms with van der Waals surface area (Å²) >= 11 is 9.20. The lowest BCUT2D eigenvalue weighted by Gasteiger charge is -2.06. The van der Waals surface area contributed by atoms with Gasteiger partial charge in [-0.2, -0.15) is 5.10 Å². The molecule has 2 aromatic rings. The van der Waals surface area contributed by atoms with E-state index in [0.29, 0.717) is 17.1 Å². The van der Waals surface area contributed by atoms with Gasteiger partial charge in [0.1, 0.15) is 0 Å². The van der Waals surface area contributed by atoms with Crippen LogP contribution in [0.5, 0.6) is 0 Å². The smallest absolute Gasteiger partial charge is 0.251 e. The third-order valence-electron chi connectivity index (χ3n) is 3.02. The third-order valence-corrected chi connectivity index (χ3v) is 4.24. The Morgan fingerprint density at radius 1 is 1.50 bits per heavy atom. The lowest BCUT2D eigenvalue weighted by Crippen LogP contribution is -2.24. The fourth-order valence-corrected chi connectivity index (χ4v) is 2.34. The average molecular weight is 357 g/mol. The van der Waals surface area contributed by atoms with Gasteiger partial charge in [-0.15, -0.1) is 0 Å². The summed E-state index contributed by atoms with van der Waals surface area (Å²) in [6, 6.07) is 5.13. The normalized spacial score (nSPS) is 10.6. The van der Waals surface area contributed by atoms with Crippen LogP contribution < -0.4 is 5.32 Å². The number of nitrogens with one attached hydrogen (secondary N) is 2. The van der Waals surface area contributed by atoms with Crippen molar-refractivity contribution in [1.29, 1.82) is 0 Å². The highest BCUT2D eigenvalue weighted by atomic mass is 79.9. The van der Waals surface area contributed by atoms with E-state index in [0.717, 1.165) is 23.0 Å². The first-order valence-corrected chi connectivity index (χ1v) is 7.47. The summed E-state index contributed by atoms with van der Waals surface area (Å²) in [6.07, 6.45) is 3.60. The van der Waals surface area contributed by atoms with E-state index in [1.165, 1.54) is 5.56 Å². The van der Waals surface area contributed by atoms with Crippen molar-refractivity contribution < 1.29 is 4.79 Å². The second-order valence-corrected chi connectivity index (χ2v) is 5.77. The summed E-state index contributed by atoms with van der Waals surface area (Å²) in [4.78, 5) is 11.9. The molecule has 0 aliphatic heterocycles. The highest BCUT2D eigenvalue weighted by Gasteiger charge is 2.07. The Hall–Kier alpha value is -1.33. The van der Waals surface area contributed by atoms with Gasteiger partial charge in [0.15, 0.2) is 0 Å². The van der Waals surface area contributed by atoms with Gasteiger partial charge in [-0.1, -0.05) is 11.6 Å². The molecule has 0 aliphatic rings. The number of H-pyrrole nitrogens is 1. The first-order valence-electron chi connectivity index (χ1n) is 6.30. The Bertz CT molecular complexity index is 612. The Labute approximate surface area is 131 Å². The summed E-state index contributed by atoms with van der Waals surface area (Å²) in [5.41, 5.74) is 2.87. The molecule has 0 bridgehead atoms. The second kappa shape index (κ2) is 6.90. The Morgan fingerprint density at radius 3 is 2.95 bits per heavy atom. The van der Waals surface area contributed by atoms with Crippen molar-refractivity contribution in [2.24, 2.45) is 0 Å². The van der Waals surface area contributed by atoms with Gasteiger partial charge in [-0.05, 0) is 59.5 Å². The molecule has 6 heteroatoms. The number of hydrogen-bond donors (Lipinski definition) is 2. The Morgan fingerprint density at radius 2 is 2.30 bits per heavy atom. The van der Waals surface area contributed by atoms with Crippen LogP contribution in [0, 0.1) is 6.92 Å². The number of aromatic nitrogens is 2. The van der Waals surface area contributed by atoms with Crippen LogP contribution in [0.3, 0.4) is 0 Å². The highest BCUT2D eigenvalue weighted by Crippen LogP contribution is 2.23. The first-order chi connectivity index (χ1) is 9.58. The predicted octanol–water partition coefficient (Wildman–Crippen LogP) is 3.50. The molecule has 0 unspecified atom stereocenters. The van der Waals surface area contributed by atoms with Crippen molar-refractivity contribution >= 4 is 33.4 Å². The fraction of sp³-hybridized carbons (Fsp3) is 0.286. The number of amides is 1. The number of rotatable bonds is 5. The standard InChI is InChI=1S/C14H15BrClN3O/c1-9-11(8-18-19-9)3-2-6-17-14(20)10-4-5-13(16)12(15)7-10/h4-5,7-8H,2-3,6H2,1H3,(H,17,20)(H,18,19). The third kappa shape index (κ3) is 3.84. The summed E-state index contributed by atoms with van der Waals surface area (Å²) in [6.45, 7) is 2.62. The predicted molar refractivity (Wildman–Crippen MR) is 83.1 cm³/mol. The molecule has 0 saturated carbocycles. The lowest BCUT2D eigenvalue weighted by molar-refractivity contribution is 0.0953. The number of aromatic amines is 1. The van der Waals surface area contributed by atoms with Gasteiger partial charge in [0.05, 0.1) is 11.2 Å². The lowest BCUT2D eigenvalue weighted by atomic mass is 10.1. The van der Waals surface area contributed by atoms with E-state index in [1.807, 2.05) is 13.1 Å². The zero-order valence-corrected chi connectivity index (χ0v) is 13.4. The molecular formula is C14H15BrClN3O. The summed E-state index contributed by atoms with van der Waals surface area (Å²) in [7, 11) is 0. The molecule has 0 atom stereocenters. The van der Waals surface area contributed by atoms with E-state index in [-0.39, 0.29) is 5.91 Å². The minimum atomic E-state index is -0.0914. The number of benzene rings is 1. The topological polar surface area (TPSA) is 57.8 Å². The van der Waals surface area contributed by atoms with Crippen molar-refractivity contribution in [3.8, 4) is 0 Å². The molecule has 0 aliphatic carbocycles. The number of carbonyl (C=O) groups excluding carboxylic acids is 1. The maximum atomic E-state index is 11.9. The monoisotopic (exact) mass is 355 g/mol. The molecule has 2 rings (SSSR count). The molecular weight excluding hydrogens is 342 g/mol. The van der Waals surface area contributed by atoms with E-state index in [4.69, 9.17) is 11.6 Å². The van der Waals surface area contributed by atoms with Gasteiger partial charge < -0.3 is 5.32 Å². The zero-order valence-electron chi connectivity index (χ0n) is 11.0. The van der Waals surface area contributed by atoms with Crippen molar-refractivity contribution in [3.05, 3.63) is 50.7 Å². The molecule has 1 amide bonds. The largest absolute Gasteiger partial charge is 0.352 e. The fourth-order valence-electron chi connectivity index (χ4n) is 1.85. The SMILES string of the molecule is Cc1[nH]ncc1CCCNC(=O)c1ccc(Cl)c(Br)c1. The van der Waals surface area contributed by atoms with Crippen LogP contribution in [0.1, 0.15) is 28.0 Å².